The second kappa shape index (κ2) is 7.33. The van der Waals surface area contributed by atoms with Gasteiger partial charge < -0.3 is 9.67 Å². The van der Waals surface area contributed by atoms with Crippen molar-refractivity contribution in [2.24, 2.45) is 5.10 Å². The van der Waals surface area contributed by atoms with Gasteiger partial charge in [-0.3, -0.25) is 4.79 Å². The second-order valence-corrected chi connectivity index (χ2v) is 6.32. The Kier molecular flexibility index (Phi) is 4.58. The van der Waals surface area contributed by atoms with Crippen LogP contribution in [-0.4, -0.2) is 21.8 Å². The smallest absolute Gasteiger partial charge is 0.241 e. The zero-order valence-corrected chi connectivity index (χ0v) is 14.7. The summed E-state index contributed by atoms with van der Waals surface area (Å²) in [6, 6.07) is 23.1. The summed E-state index contributed by atoms with van der Waals surface area (Å²) in [5.74, 6) is 0.00454. The number of benzene rings is 3. The summed E-state index contributed by atoms with van der Waals surface area (Å²) in [4.78, 5) is 12.2. The number of fused-ring (bicyclic) bond motifs is 3. The Morgan fingerprint density at radius 3 is 2.30 bits per heavy atom. The van der Waals surface area contributed by atoms with Crippen LogP contribution in [0, 0.1) is 0 Å². The minimum atomic E-state index is -0.159. The SMILES string of the molecule is O=C(CCn1c2ccccc2c2ccccc21)NN=Cc1cccc(O)c1. The first kappa shape index (κ1) is 16.8. The van der Waals surface area contributed by atoms with Crippen LogP contribution in [0.1, 0.15) is 12.0 Å². The molecule has 4 aromatic rings. The Balaban J connectivity index is 1.47. The normalized spacial score (nSPS) is 11.4. The summed E-state index contributed by atoms with van der Waals surface area (Å²) in [5.41, 5.74) is 5.51. The van der Waals surface area contributed by atoms with Crippen LogP contribution in [-0.2, 0) is 11.3 Å². The number of aryl methyl sites for hydroxylation is 1. The van der Waals surface area contributed by atoms with Gasteiger partial charge in [-0.1, -0.05) is 48.5 Å². The van der Waals surface area contributed by atoms with Gasteiger partial charge in [-0.2, -0.15) is 5.10 Å². The van der Waals surface area contributed by atoms with E-state index in [1.807, 2.05) is 24.3 Å². The molecule has 0 atom stereocenters. The fourth-order valence-electron chi connectivity index (χ4n) is 3.30. The fraction of sp³-hybridized carbons (Fsp3) is 0.0909. The van der Waals surface area contributed by atoms with Gasteiger partial charge in [0.05, 0.1) is 6.21 Å². The molecule has 0 spiro atoms. The van der Waals surface area contributed by atoms with Crippen molar-refractivity contribution in [3.63, 3.8) is 0 Å². The van der Waals surface area contributed by atoms with Crippen molar-refractivity contribution in [3.05, 3.63) is 78.4 Å². The summed E-state index contributed by atoms with van der Waals surface area (Å²) in [5, 5.41) is 15.8. The zero-order valence-electron chi connectivity index (χ0n) is 14.7. The molecule has 3 aromatic carbocycles. The van der Waals surface area contributed by atoms with Crippen molar-refractivity contribution in [3.8, 4) is 5.75 Å². The zero-order chi connectivity index (χ0) is 18.6. The number of hydrogen-bond donors (Lipinski definition) is 2. The molecule has 0 aliphatic carbocycles. The molecule has 0 saturated heterocycles. The van der Waals surface area contributed by atoms with Crippen LogP contribution in [0.2, 0.25) is 0 Å². The predicted octanol–water partition coefficient (Wildman–Crippen LogP) is 4.04. The van der Waals surface area contributed by atoms with Crippen LogP contribution in [0.15, 0.2) is 77.9 Å². The van der Waals surface area contributed by atoms with Gasteiger partial charge >= 0.3 is 0 Å². The lowest BCUT2D eigenvalue weighted by Crippen LogP contribution is -2.19. The van der Waals surface area contributed by atoms with E-state index in [4.69, 9.17) is 0 Å². The highest BCUT2D eigenvalue weighted by Gasteiger charge is 2.10. The van der Waals surface area contributed by atoms with Crippen molar-refractivity contribution < 1.29 is 9.90 Å². The van der Waals surface area contributed by atoms with Gasteiger partial charge in [0.2, 0.25) is 5.91 Å². The van der Waals surface area contributed by atoms with E-state index < -0.39 is 0 Å². The third kappa shape index (κ3) is 3.53. The number of nitrogens with zero attached hydrogens (tertiary/aromatic N) is 2. The molecule has 0 aliphatic heterocycles. The highest BCUT2D eigenvalue weighted by Crippen LogP contribution is 2.28. The molecule has 5 nitrogen and oxygen atoms in total. The molecule has 0 saturated carbocycles. The number of carbonyl (C=O) groups excluding carboxylic acids is 1. The van der Waals surface area contributed by atoms with Crippen molar-refractivity contribution >= 4 is 33.9 Å². The molecule has 5 heteroatoms. The Morgan fingerprint density at radius 2 is 1.63 bits per heavy atom. The van der Waals surface area contributed by atoms with E-state index >= 15 is 0 Å². The Labute approximate surface area is 156 Å². The third-order valence-corrected chi connectivity index (χ3v) is 4.52. The number of hydrazone groups is 1. The summed E-state index contributed by atoms with van der Waals surface area (Å²) >= 11 is 0. The van der Waals surface area contributed by atoms with E-state index in [1.54, 1.807) is 24.3 Å². The van der Waals surface area contributed by atoms with Crippen LogP contribution < -0.4 is 5.43 Å². The second-order valence-electron chi connectivity index (χ2n) is 6.32. The van der Waals surface area contributed by atoms with Crippen molar-refractivity contribution in [1.29, 1.82) is 0 Å². The Bertz CT molecular complexity index is 1090. The van der Waals surface area contributed by atoms with E-state index in [-0.39, 0.29) is 11.7 Å². The van der Waals surface area contributed by atoms with E-state index in [0.717, 1.165) is 16.6 Å². The molecule has 0 bridgehead atoms. The largest absolute Gasteiger partial charge is 0.508 e. The third-order valence-electron chi connectivity index (χ3n) is 4.52. The maximum absolute atomic E-state index is 12.2. The minimum Gasteiger partial charge on any atom is -0.508 e. The number of hydrogen-bond acceptors (Lipinski definition) is 3. The highest BCUT2D eigenvalue weighted by atomic mass is 16.3. The van der Waals surface area contributed by atoms with Crippen LogP contribution in [0.25, 0.3) is 21.8 Å². The van der Waals surface area contributed by atoms with Crippen LogP contribution in [0.5, 0.6) is 5.75 Å². The van der Waals surface area contributed by atoms with Crippen LogP contribution in [0.3, 0.4) is 0 Å². The van der Waals surface area contributed by atoms with E-state index in [1.165, 1.54) is 17.0 Å². The lowest BCUT2D eigenvalue weighted by molar-refractivity contribution is -0.121. The number of rotatable bonds is 5. The molecule has 0 fully saturated rings. The predicted molar refractivity (Wildman–Crippen MR) is 108 cm³/mol. The maximum atomic E-state index is 12.2. The van der Waals surface area contributed by atoms with E-state index in [0.29, 0.717) is 13.0 Å². The summed E-state index contributed by atoms with van der Waals surface area (Å²) in [6.07, 6.45) is 1.83. The van der Waals surface area contributed by atoms with Crippen LogP contribution in [0.4, 0.5) is 0 Å². The standard InChI is InChI=1S/C22H19N3O2/c26-17-7-5-6-16(14-17)15-23-24-22(27)12-13-25-20-10-3-1-8-18(20)19-9-2-4-11-21(19)25/h1-11,14-15,26H,12-13H2,(H,24,27). The van der Waals surface area contributed by atoms with Crippen LogP contribution >= 0.6 is 0 Å². The minimum absolute atomic E-state index is 0.159. The number of nitrogens with one attached hydrogen (secondary N) is 1. The lowest BCUT2D eigenvalue weighted by atomic mass is 10.2. The summed E-state index contributed by atoms with van der Waals surface area (Å²) < 4.78 is 2.17. The molecule has 1 aromatic heterocycles. The average molecular weight is 357 g/mol. The van der Waals surface area contributed by atoms with E-state index in [2.05, 4.69) is 39.4 Å². The molecule has 1 amide bonds. The summed E-state index contributed by atoms with van der Waals surface area (Å²) in [7, 11) is 0. The number of aromatic nitrogens is 1. The first-order chi connectivity index (χ1) is 13.2. The topological polar surface area (TPSA) is 66.6 Å². The Hall–Kier alpha value is -3.60. The molecular weight excluding hydrogens is 338 g/mol. The molecule has 4 rings (SSSR count). The molecule has 134 valence electrons. The first-order valence-electron chi connectivity index (χ1n) is 8.79. The molecule has 0 unspecified atom stereocenters. The number of carbonyl (C=O) groups is 1. The van der Waals surface area contributed by atoms with Gasteiger partial charge in [-0.05, 0) is 29.8 Å². The van der Waals surface area contributed by atoms with Crippen molar-refractivity contribution in [1.82, 2.24) is 9.99 Å². The number of phenols is 1. The van der Waals surface area contributed by atoms with E-state index in [9.17, 15) is 9.90 Å². The fourth-order valence-corrected chi connectivity index (χ4v) is 3.30. The lowest BCUT2D eigenvalue weighted by Gasteiger charge is -2.06. The number of para-hydroxylation sites is 2. The average Bonchev–Trinajstić information content (AvgIpc) is 3.00. The molecule has 0 radical (unpaired) electrons. The highest BCUT2D eigenvalue weighted by molar-refractivity contribution is 6.08. The van der Waals surface area contributed by atoms with Crippen molar-refractivity contribution in [2.45, 2.75) is 13.0 Å². The summed E-state index contributed by atoms with van der Waals surface area (Å²) in [6.45, 7) is 0.571. The van der Waals surface area contributed by atoms with Gasteiger partial charge in [0.25, 0.3) is 0 Å². The van der Waals surface area contributed by atoms with Gasteiger partial charge in [-0.15, -0.1) is 0 Å². The number of aromatic hydroxyl groups is 1. The number of amides is 1. The van der Waals surface area contributed by atoms with Gasteiger partial charge in [0.1, 0.15) is 5.75 Å². The van der Waals surface area contributed by atoms with Gasteiger partial charge in [0, 0.05) is 34.8 Å². The molecule has 0 aliphatic rings. The maximum Gasteiger partial charge on any atom is 0.241 e. The molecule has 27 heavy (non-hydrogen) atoms. The molecule has 2 N–H and O–H groups in total. The van der Waals surface area contributed by atoms with Gasteiger partial charge in [0.15, 0.2) is 0 Å². The molecular formula is C22H19N3O2. The Morgan fingerprint density at radius 1 is 0.963 bits per heavy atom. The number of phenolic OH excluding ortho intramolecular Hbond substituents is 1. The van der Waals surface area contributed by atoms with Crippen molar-refractivity contribution in [2.75, 3.05) is 0 Å². The monoisotopic (exact) mass is 357 g/mol. The quantitative estimate of drug-likeness (QED) is 0.418. The van der Waals surface area contributed by atoms with Gasteiger partial charge in [-0.25, -0.2) is 5.43 Å². The molecule has 1 heterocycles. The first-order valence-corrected chi connectivity index (χ1v) is 8.79.